The Hall–Kier alpha value is -1.92. The van der Waals surface area contributed by atoms with Crippen LogP contribution >= 0.6 is 0 Å². The molecule has 1 heterocycles. The molecule has 0 fully saturated rings. The van der Waals surface area contributed by atoms with E-state index in [4.69, 9.17) is 5.73 Å². The van der Waals surface area contributed by atoms with E-state index in [1.807, 2.05) is 13.0 Å². The van der Waals surface area contributed by atoms with Gasteiger partial charge in [0.1, 0.15) is 0 Å². The summed E-state index contributed by atoms with van der Waals surface area (Å²) in [6.07, 6.45) is 1.70. The van der Waals surface area contributed by atoms with Crippen molar-refractivity contribution in [2.45, 2.75) is 25.3 Å². The van der Waals surface area contributed by atoms with E-state index in [9.17, 15) is 8.42 Å². The van der Waals surface area contributed by atoms with Crippen molar-refractivity contribution in [3.63, 3.8) is 0 Å². The lowest BCUT2D eigenvalue weighted by Crippen LogP contribution is -2.24. The third kappa shape index (κ3) is 3.34. The second-order valence-electron chi connectivity index (χ2n) is 4.68. The molecule has 5 nitrogen and oxygen atoms in total. The molecule has 0 radical (unpaired) electrons. The van der Waals surface area contributed by atoms with Gasteiger partial charge in [-0.25, -0.2) is 13.1 Å². The number of aromatic nitrogens is 1. The van der Waals surface area contributed by atoms with E-state index in [0.29, 0.717) is 16.9 Å². The van der Waals surface area contributed by atoms with E-state index >= 15 is 0 Å². The minimum absolute atomic E-state index is 0.150. The Balaban J connectivity index is 2.19. The van der Waals surface area contributed by atoms with Crippen molar-refractivity contribution >= 4 is 15.7 Å². The van der Waals surface area contributed by atoms with Gasteiger partial charge in [-0.15, -0.1) is 0 Å². The molecule has 0 unspecified atom stereocenters. The van der Waals surface area contributed by atoms with E-state index in [0.717, 1.165) is 5.56 Å². The smallest absolute Gasteiger partial charge is 0.241 e. The molecule has 106 valence electrons. The van der Waals surface area contributed by atoms with Gasteiger partial charge in [-0.3, -0.25) is 4.98 Å². The van der Waals surface area contributed by atoms with Crippen molar-refractivity contribution in [1.82, 2.24) is 9.71 Å². The van der Waals surface area contributed by atoms with E-state index in [1.165, 1.54) is 6.07 Å². The number of benzene rings is 1. The first kappa shape index (κ1) is 14.5. The monoisotopic (exact) mass is 291 g/mol. The molecule has 2 aromatic rings. The Morgan fingerprint density at radius 1 is 1.20 bits per heavy atom. The summed E-state index contributed by atoms with van der Waals surface area (Å²) in [5, 5.41) is 0. The van der Waals surface area contributed by atoms with Crippen molar-refractivity contribution in [3.8, 4) is 0 Å². The quantitative estimate of drug-likeness (QED) is 0.841. The topological polar surface area (TPSA) is 85.1 Å². The van der Waals surface area contributed by atoms with Crippen LogP contribution in [0, 0.1) is 13.8 Å². The van der Waals surface area contributed by atoms with Crippen LogP contribution < -0.4 is 10.5 Å². The van der Waals surface area contributed by atoms with Crippen LogP contribution in [0.1, 0.15) is 16.8 Å². The summed E-state index contributed by atoms with van der Waals surface area (Å²) in [4.78, 5) is 4.36. The second kappa shape index (κ2) is 5.60. The maximum atomic E-state index is 12.3. The van der Waals surface area contributed by atoms with Crippen LogP contribution in [0.3, 0.4) is 0 Å². The van der Waals surface area contributed by atoms with Crippen LogP contribution in [0.15, 0.2) is 41.4 Å². The zero-order valence-corrected chi connectivity index (χ0v) is 12.2. The van der Waals surface area contributed by atoms with Crippen molar-refractivity contribution < 1.29 is 8.42 Å². The highest BCUT2D eigenvalue weighted by atomic mass is 32.2. The summed E-state index contributed by atoms with van der Waals surface area (Å²) in [6.45, 7) is 3.81. The highest BCUT2D eigenvalue weighted by Crippen LogP contribution is 2.18. The Bertz CT molecular complexity index is 710. The van der Waals surface area contributed by atoms with Gasteiger partial charge in [-0.05, 0) is 43.2 Å². The number of nitrogens with one attached hydrogen (secondary N) is 1. The van der Waals surface area contributed by atoms with Gasteiger partial charge < -0.3 is 5.73 Å². The molecule has 20 heavy (non-hydrogen) atoms. The first-order chi connectivity index (χ1) is 9.38. The molecular formula is C14H17N3O2S. The lowest BCUT2D eigenvalue weighted by Gasteiger charge is -2.10. The number of pyridine rings is 1. The molecular weight excluding hydrogens is 274 g/mol. The van der Waals surface area contributed by atoms with E-state index < -0.39 is 10.0 Å². The summed E-state index contributed by atoms with van der Waals surface area (Å²) in [5.41, 5.74) is 8.42. The molecule has 3 N–H and O–H groups in total. The number of nitrogen functional groups attached to an aromatic ring is 1. The third-order valence-corrected chi connectivity index (χ3v) is 4.46. The Labute approximate surface area is 118 Å². The van der Waals surface area contributed by atoms with Crippen LogP contribution in [0.5, 0.6) is 0 Å². The van der Waals surface area contributed by atoms with Gasteiger partial charge in [0.15, 0.2) is 0 Å². The van der Waals surface area contributed by atoms with Gasteiger partial charge in [0.2, 0.25) is 10.0 Å². The van der Waals surface area contributed by atoms with Crippen LogP contribution in [0.2, 0.25) is 0 Å². The van der Waals surface area contributed by atoms with Gasteiger partial charge in [-0.1, -0.05) is 12.1 Å². The summed E-state index contributed by atoms with van der Waals surface area (Å²) in [7, 11) is -3.59. The van der Waals surface area contributed by atoms with Gasteiger partial charge in [0, 0.05) is 11.9 Å². The molecule has 0 spiro atoms. The van der Waals surface area contributed by atoms with Gasteiger partial charge in [0.05, 0.1) is 17.1 Å². The Kier molecular flexibility index (Phi) is 4.06. The largest absolute Gasteiger partial charge is 0.399 e. The summed E-state index contributed by atoms with van der Waals surface area (Å²) in [5.74, 6) is 0. The first-order valence-corrected chi connectivity index (χ1v) is 7.64. The van der Waals surface area contributed by atoms with E-state index in [-0.39, 0.29) is 11.4 Å². The molecule has 2 rings (SSSR count). The molecule has 0 saturated heterocycles. The fourth-order valence-electron chi connectivity index (χ4n) is 1.76. The average Bonchev–Trinajstić information content (AvgIpc) is 2.41. The maximum Gasteiger partial charge on any atom is 0.241 e. The lowest BCUT2D eigenvalue weighted by molar-refractivity contribution is 0.580. The molecule has 1 aromatic carbocycles. The number of sulfonamides is 1. The molecule has 1 aromatic heterocycles. The molecule has 0 aliphatic carbocycles. The Morgan fingerprint density at radius 2 is 1.95 bits per heavy atom. The minimum Gasteiger partial charge on any atom is -0.399 e. The summed E-state index contributed by atoms with van der Waals surface area (Å²) >= 11 is 0. The normalized spacial score (nSPS) is 11.5. The highest BCUT2D eigenvalue weighted by molar-refractivity contribution is 7.89. The van der Waals surface area contributed by atoms with Crippen molar-refractivity contribution in [2.24, 2.45) is 0 Å². The SMILES string of the molecule is Cc1ccc(CNS(=O)(=O)c2cc(N)ccc2C)nc1. The predicted octanol–water partition coefficient (Wildman–Crippen LogP) is 1.76. The standard InChI is InChI=1S/C14H17N3O2S/c1-10-3-6-13(16-8-10)9-17-20(18,19)14-7-12(15)5-4-11(14)2/h3-8,17H,9,15H2,1-2H3. The van der Waals surface area contributed by atoms with Crippen LogP contribution in [0.4, 0.5) is 5.69 Å². The molecule has 0 atom stereocenters. The summed E-state index contributed by atoms with van der Waals surface area (Å²) in [6, 6.07) is 8.51. The number of nitrogens with zero attached hydrogens (tertiary/aromatic N) is 1. The molecule has 0 aliphatic rings. The molecule has 0 aliphatic heterocycles. The number of hydrogen-bond donors (Lipinski definition) is 2. The average molecular weight is 291 g/mol. The zero-order chi connectivity index (χ0) is 14.8. The molecule has 0 saturated carbocycles. The van der Waals surface area contributed by atoms with Gasteiger partial charge in [0.25, 0.3) is 0 Å². The van der Waals surface area contributed by atoms with Gasteiger partial charge >= 0.3 is 0 Å². The number of nitrogens with two attached hydrogens (primary N) is 1. The molecule has 6 heteroatoms. The van der Waals surface area contributed by atoms with Gasteiger partial charge in [-0.2, -0.15) is 0 Å². The van der Waals surface area contributed by atoms with Crippen LogP contribution in [0.25, 0.3) is 0 Å². The van der Waals surface area contributed by atoms with Crippen molar-refractivity contribution in [2.75, 3.05) is 5.73 Å². The maximum absolute atomic E-state index is 12.3. The van der Waals surface area contributed by atoms with Crippen molar-refractivity contribution in [3.05, 3.63) is 53.3 Å². The second-order valence-corrected chi connectivity index (χ2v) is 6.41. The van der Waals surface area contributed by atoms with E-state index in [1.54, 1.807) is 31.3 Å². The Morgan fingerprint density at radius 3 is 2.60 bits per heavy atom. The third-order valence-electron chi connectivity index (χ3n) is 2.92. The zero-order valence-electron chi connectivity index (χ0n) is 11.4. The fourth-order valence-corrected chi connectivity index (χ4v) is 3.03. The summed E-state index contributed by atoms with van der Waals surface area (Å²) < 4.78 is 27.0. The molecule has 0 amide bonds. The lowest BCUT2D eigenvalue weighted by atomic mass is 10.2. The van der Waals surface area contributed by atoms with Crippen molar-refractivity contribution in [1.29, 1.82) is 0 Å². The van der Waals surface area contributed by atoms with E-state index in [2.05, 4.69) is 9.71 Å². The number of rotatable bonds is 4. The fraction of sp³-hybridized carbons (Fsp3) is 0.214. The first-order valence-electron chi connectivity index (χ1n) is 6.16. The number of aryl methyl sites for hydroxylation is 2. The molecule has 0 bridgehead atoms. The number of hydrogen-bond acceptors (Lipinski definition) is 4. The van der Waals surface area contributed by atoms with Crippen LogP contribution in [-0.2, 0) is 16.6 Å². The highest BCUT2D eigenvalue weighted by Gasteiger charge is 2.16. The minimum atomic E-state index is -3.59. The van der Waals surface area contributed by atoms with Crippen LogP contribution in [-0.4, -0.2) is 13.4 Å². The number of anilines is 1. The predicted molar refractivity (Wildman–Crippen MR) is 78.6 cm³/mol.